The van der Waals surface area contributed by atoms with E-state index in [9.17, 15) is 13.2 Å². The third kappa shape index (κ3) is 5.14. The van der Waals surface area contributed by atoms with E-state index in [-0.39, 0.29) is 31.2 Å². The molecule has 2 heterocycles. The lowest BCUT2D eigenvalue weighted by atomic mass is 10.0. The summed E-state index contributed by atoms with van der Waals surface area (Å²) in [6.07, 6.45) is 2.38. The number of benzene rings is 2. The number of carbonyl (C=O) groups excluding carboxylic acids is 1. The minimum absolute atomic E-state index is 0.110. The standard InChI is InChI=1S/C24H28N2O5S/c1-24(2)17-20-9-6-10-21(23(20)31-24)30-18-22(27)25-12-14-26(15-13-25)32(28,29)16-11-19-7-4-3-5-8-19/h3-11,16H,12-15,17-18H2,1-2H3/b16-11+. The molecule has 8 heteroatoms. The molecule has 7 nitrogen and oxygen atoms in total. The molecular formula is C24H28N2O5S. The molecule has 170 valence electrons. The molecule has 4 rings (SSSR count). The first-order valence-corrected chi connectivity index (χ1v) is 12.2. The molecule has 1 fully saturated rings. The van der Waals surface area contributed by atoms with Gasteiger partial charge in [0.25, 0.3) is 5.91 Å². The highest BCUT2D eigenvalue weighted by Gasteiger charge is 2.33. The maximum Gasteiger partial charge on any atom is 0.260 e. The number of piperazine rings is 1. The van der Waals surface area contributed by atoms with Crippen molar-refractivity contribution in [3.8, 4) is 11.5 Å². The molecule has 0 aliphatic carbocycles. The van der Waals surface area contributed by atoms with E-state index in [0.29, 0.717) is 24.6 Å². The van der Waals surface area contributed by atoms with E-state index in [1.54, 1.807) is 17.0 Å². The van der Waals surface area contributed by atoms with Crippen molar-refractivity contribution in [3.63, 3.8) is 0 Å². The van der Waals surface area contributed by atoms with Crippen molar-refractivity contribution in [3.05, 3.63) is 65.1 Å². The van der Waals surface area contributed by atoms with E-state index >= 15 is 0 Å². The quantitative estimate of drug-likeness (QED) is 0.668. The first-order chi connectivity index (χ1) is 15.2. The molecule has 0 bridgehead atoms. The number of para-hydroxylation sites is 1. The maximum atomic E-state index is 12.6. The first kappa shape index (κ1) is 22.4. The summed E-state index contributed by atoms with van der Waals surface area (Å²) in [5, 5.41) is 1.22. The molecule has 2 aliphatic rings. The monoisotopic (exact) mass is 456 g/mol. The molecule has 0 saturated carbocycles. The molecule has 2 aromatic rings. The van der Waals surface area contributed by atoms with E-state index < -0.39 is 10.0 Å². The van der Waals surface area contributed by atoms with Gasteiger partial charge in [0.15, 0.2) is 18.1 Å². The van der Waals surface area contributed by atoms with Gasteiger partial charge in [-0.25, -0.2) is 8.42 Å². The highest BCUT2D eigenvalue weighted by Crippen LogP contribution is 2.41. The minimum Gasteiger partial charge on any atom is -0.483 e. The SMILES string of the molecule is CC1(C)Cc2cccc(OCC(=O)N3CCN(S(=O)(=O)/C=C/c4ccccc4)CC3)c2O1. The van der Waals surface area contributed by atoms with Crippen molar-refractivity contribution in [1.82, 2.24) is 9.21 Å². The van der Waals surface area contributed by atoms with Crippen LogP contribution in [-0.4, -0.2) is 61.9 Å². The average Bonchev–Trinajstić information content (AvgIpc) is 3.11. The van der Waals surface area contributed by atoms with E-state index in [2.05, 4.69) is 0 Å². The van der Waals surface area contributed by atoms with Gasteiger partial charge in [0.2, 0.25) is 10.0 Å². The number of carbonyl (C=O) groups is 1. The van der Waals surface area contributed by atoms with Crippen LogP contribution in [0.2, 0.25) is 0 Å². The highest BCUT2D eigenvalue weighted by molar-refractivity contribution is 7.92. The van der Waals surface area contributed by atoms with E-state index in [0.717, 1.165) is 17.5 Å². The lowest BCUT2D eigenvalue weighted by Crippen LogP contribution is -2.51. The minimum atomic E-state index is -3.54. The number of ether oxygens (including phenoxy) is 2. The first-order valence-electron chi connectivity index (χ1n) is 10.7. The lowest BCUT2D eigenvalue weighted by molar-refractivity contribution is -0.134. The molecule has 0 N–H and O–H groups in total. The Labute approximate surface area is 189 Å². The van der Waals surface area contributed by atoms with E-state index in [1.165, 1.54) is 9.71 Å². The zero-order chi connectivity index (χ0) is 22.8. The zero-order valence-corrected chi connectivity index (χ0v) is 19.2. The number of nitrogens with zero attached hydrogens (tertiary/aromatic N) is 2. The largest absolute Gasteiger partial charge is 0.483 e. The van der Waals surface area contributed by atoms with Crippen LogP contribution in [0.4, 0.5) is 0 Å². The summed E-state index contributed by atoms with van der Waals surface area (Å²) in [5.41, 5.74) is 1.60. The van der Waals surface area contributed by atoms with Crippen molar-refractivity contribution in [2.24, 2.45) is 0 Å². The molecule has 1 saturated heterocycles. The number of amides is 1. The van der Waals surface area contributed by atoms with Crippen LogP contribution in [0.25, 0.3) is 6.08 Å². The van der Waals surface area contributed by atoms with Gasteiger partial charge in [0, 0.05) is 43.6 Å². The van der Waals surface area contributed by atoms with Crippen molar-refractivity contribution >= 4 is 22.0 Å². The fraction of sp³-hybridized carbons (Fsp3) is 0.375. The lowest BCUT2D eigenvalue weighted by Gasteiger charge is -2.33. The average molecular weight is 457 g/mol. The predicted molar refractivity (Wildman–Crippen MR) is 123 cm³/mol. The smallest absolute Gasteiger partial charge is 0.260 e. The summed E-state index contributed by atoms with van der Waals surface area (Å²) in [6.45, 7) is 5.10. The van der Waals surface area contributed by atoms with Gasteiger partial charge in [0.1, 0.15) is 5.60 Å². The number of hydrogen-bond donors (Lipinski definition) is 0. The van der Waals surface area contributed by atoms with E-state index in [1.807, 2.05) is 56.3 Å². The van der Waals surface area contributed by atoms with Crippen molar-refractivity contribution in [2.45, 2.75) is 25.9 Å². The molecular weight excluding hydrogens is 428 g/mol. The van der Waals surface area contributed by atoms with Gasteiger partial charge in [-0.3, -0.25) is 4.79 Å². The number of sulfonamides is 1. The second-order valence-electron chi connectivity index (χ2n) is 8.61. The summed E-state index contributed by atoms with van der Waals surface area (Å²) >= 11 is 0. The fourth-order valence-electron chi connectivity index (χ4n) is 3.94. The van der Waals surface area contributed by atoms with Gasteiger partial charge < -0.3 is 14.4 Å². The third-order valence-electron chi connectivity index (χ3n) is 5.59. The maximum absolute atomic E-state index is 12.6. The van der Waals surface area contributed by atoms with Crippen LogP contribution in [0.1, 0.15) is 25.0 Å². The molecule has 2 aromatic carbocycles. The molecule has 2 aliphatic heterocycles. The third-order valence-corrected chi connectivity index (χ3v) is 7.15. The molecule has 0 aromatic heterocycles. The summed E-state index contributed by atoms with van der Waals surface area (Å²) in [6, 6.07) is 15.0. The summed E-state index contributed by atoms with van der Waals surface area (Å²) in [4.78, 5) is 14.3. The molecule has 0 radical (unpaired) electrons. The van der Waals surface area contributed by atoms with Crippen LogP contribution >= 0.6 is 0 Å². The predicted octanol–water partition coefficient (Wildman–Crippen LogP) is 2.92. The Morgan fingerprint density at radius 3 is 2.50 bits per heavy atom. The summed E-state index contributed by atoms with van der Waals surface area (Å²) in [7, 11) is -3.54. The molecule has 1 amide bonds. The number of rotatable bonds is 6. The Bertz CT molecular complexity index is 1100. The van der Waals surface area contributed by atoms with Gasteiger partial charge in [-0.15, -0.1) is 0 Å². The van der Waals surface area contributed by atoms with Crippen LogP contribution in [0.15, 0.2) is 53.9 Å². The van der Waals surface area contributed by atoms with Gasteiger partial charge >= 0.3 is 0 Å². The highest BCUT2D eigenvalue weighted by atomic mass is 32.2. The summed E-state index contributed by atoms with van der Waals surface area (Å²) in [5.74, 6) is 1.09. The number of fused-ring (bicyclic) bond motifs is 1. The fourth-order valence-corrected chi connectivity index (χ4v) is 5.11. The van der Waals surface area contributed by atoms with Crippen LogP contribution in [-0.2, 0) is 21.2 Å². The molecule has 32 heavy (non-hydrogen) atoms. The van der Waals surface area contributed by atoms with Gasteiger partial charge in [-0.1, -0.05) is 42.5 Å². The van der Waals surface area contributed by atoms with E-state index in [4.69, 9.17) is 9.47 Å². The molecule has 0 unspecified atom stereocenters. The normalized spacial score (nSPS) is 18.4. The Balaban J connectivity index is 1.30. The second-order valence-corrected chi connectivity index (χ2v) is 10.4. The van der Waals surface area contributed by atoms with Gasteiger partial charge in [-0.2, -0.15) is 4.31 Å². The van der Waals surface area contributed by atoms with Crippen LogP contribution in [0, 0.1) is 0 Å². The topological polar surface area (TPSA) is 76.2 Å². The van der Waals surface area contributed by atoms with Crippen LogP contribution < -0.4 is 9.47 Å². The molecule has 0 spiro atoms. The van der Waals surface area contributed by atoms with Crippen molar-refractivity contribution < 1.29 is 22.7 Å². The molecule has 0 atom stereocenters. The van der Waals surface area contributed by atoms with Gasteiger partial charge in [-0.05, 0) is 31.6 Å². The zero-order valence-electron chi connectivity index (χ0n) is 18.4. The van der Waals surface area contributed by atoms with Crippen molar-refractivity contribution in [2.75, 3.05) is 32.8 Å². The Kier molecular flexibility index (Phi) is 6.26. The van der Waals surface area contributed by atoms with Gasteiger partial charge in [0.05, 0.1) is 0 Å². The second kappa shape index (κ2) is 8.96. The Morgan fingerprint density at radius 2 is 1.78 bits per heavy atom. The Morgan fingerprint density at radius 1 is 1.06 bits per heavy atom. The van der Waals surface area contributed by atoms with Crippen LogP contribution in [0.3, 0.4) is 0 Å². The Hall–Kier alpha value is -2.84. The van der Waals surface area contributed by atoms with Crippen LogP contribution in [0.5, 0.6) is 11.5 Å². The summed E-state index contributed by atoms with van der Waals surface area (Å²) < 4.78 is 38.4. The number of hydrogen-bond acceptors (Lipinski definition) is 5. The van der Waals surface area contributed by atoms with Crippen molar-refractivity contribution in [1.29, 1.82) is 0 Å².